The van der Waals surface area contributed by atoms with Crippen molar-refractivity contribution in [1.82, 2.24) is 4.72 Å². The molecule has 0 saturated carbocycles. The lowest BCUT2D eigenvalue weighted by molar-refractivity contribution is 0.0596. The number of nitrogen functional groups attached to an aromatic ring is 1. The van der Waals surface area contributed by atoms with Gasteiger partial charge in [0.1, 0.15) is 0 Å². The molecule has 0 aromatic heterocycles. The van der Waals surface area contributed by atoms with Gasteiger partial charge in [-0.2, -0.15) is 0 Å². The quantitative estimate of drug-likeness (QED) is 0.606. The zero-order chi connectivity index (χ0) is 15.5. The highest BCUT2D eigenvalue weighted by Crippen LogP contribution is 2.20. The Hall–Kier alpha value is -1.64. The second-order valence-corrected chi connectivity index (χ2v) is 6.47. The number of ether oxygens (including phenoxy) is 2. The summed E-state index contributed by atoms with van der Waals surface area (Å²) in [7, 11) is -2.65. The van der Waals surface area contributed by atoms with E-state index in [9.17, 15) is 13.2 Å². The van der Waals surface area contributed by atoms with E-state index in [-0.39, 0.29) is 28.8 Å². The summed E-state index contributed by atoms with van der Waals surface area (Å²) in [4.78, 5) is 11.5. The predicted molar refractivity (Wildman–Crippen MR) is 76.4 cm³/mol. The normalized spacial score (nSPS) is 18.6. The molecule has 0 radical (unpaired) electrons. The minimum atomic E-state index is -3.84. The fourth-order valence-electron chi connectivity index (χ4n) is 2.14. The number of anilines is 1. The molecule has 7 nitrogen and oxygen atoms in total. The van der Waals surface area contributed by atoms with Crippen molar-refractivity contribution in [3.63, 3.8) is 0 Å². The van der Waals surface area contributed by atoms with Gasteiger partial charge in [0, 0.05) is 18.8 Å². The maximum absolute atomic E-state index is 12.3. The first-order valence-corrected chi connectivity index (χ1v) is 8.01. The van der Waals surface area contributed by atoms with Crippen LogP contribution in [-0.4, -0.2) is 40.8 Å². The van der Waals surface area contributed by atoms with Crippen LogP contribution in [0.1, 0.15) is 23.2 Å². The van der Waals surface area contributed by atoms with Gasteiger partial charge < -0.3 is 15.2 Å². The summed E-state index contributed by atoms with van der Waals surface area (Å²) in [5, 5.41) is 0. The molecular weight excluding hydrogens is 296 g/mol. The van der Waals surface area contributed by atoms with E-state index in [4.69, 9.17) is 10.5 Å². The highest BCUT2D eigenvalue weighted by atomic mass is 32.2. The zero-order valence-corrected chi connectivity index (χ0v) is 12.5. The van der Waals surface area contributed by atoms with Crippen LogP contribution in [0.15, 0.2) is 23.1 Å². The van der Waals surface area contributed by atoms with Gasteiger partial charge in [-0.15, -0.1) is 0 Å². The van der Waals surface area contributed by atoms with Gasteiger partial charge in [0.2, 0.25) is 10.0 Å². The monoisotopic (exact) mass is 314 g/mol. The van der Waals surface area contributed by atoms with Crippen molar-refractivity contribution in [3.8, 4) is 0 Å². The van der Waals surface area contributed by atoms with E-state index in [0.29, 0.717) is 6.61 Å². The summed E-state index contributed by atoms with van der Waals surface area (Å²) in [5.74, 6) is -0.750. The average molecular weight is 314 g/mol. The van der Waals surface area contributed by atoms with E-state index in [1.807, 2.05) is 0 Å². The van der Waals surface area contributed by atoms with Gasteiger partial charge in [-0.25, -0.2) is 17.9 Å². The standard InChI is InChI=1S/C13H18N2O5S/c1-19-13(16)11-7-9(14)4-5-12(11)21(17,18)15-8-10-3-2-6-20-10/h4-5,7,10,15H,2-3,6,8,14H2,1H3. The number of hydrogen-bond donors (Lipinski definition) is 2. The van der Waals surface area contributed by atoms with E-state index in [2.05, 4.69) is 9.46 Å². The molecule has 1 aromatic rings. The Morgan fingerprint density at radius 1 is 1.52 bits per heavy atom. The van der Waals surface area contributed by atoms with Gasteiger partial charge in [0.25, 0.3) is 0 Å². The molecule has 1 unspecified atom stereocenters. The third kappa shape index (κ3) is 3.72. The minimum absolute atomic E-state index is 0.0858. The largest absolute Gasteiger partial charge is 0.465 e. The van der Waals surface area contributed by atoms with E-state index in [1.165, 1.54) is 25.3 Å². The summed E-state index contributed by atoms with van der Waals surface area (Å²) < 4.78 is 37.1. The summed E-state index contributed by atoms with van der Waals surface area (Å²) in [6.07, 6.45) is 1.60. The van der Waals surface area contributed by atoms with Crippen molar-refractivity contribution >= 4 is 21.7 Å². The predicted octanol–water partition coefficient (Wildman–Crippen LogP) is 0.513. The summed E-state index contributed by atoms with van der Waals surface area (Å²) >= 11 is 0. The number of hydrogen-bond acceptors (Lipinski definition) is 6. The lowest BCUT2D eigenvalue weighted by atomic mass is 10.2. The first-order valence-electron chi connectivity index (χ1n) is 6.53. The van der Waals surface area contributed by atoms with Crippen LogP contribution in [0.5, 0.6) is 0 Å². The molecular formula is C13H18N2O5S. The molecule has 1 fully saturated rings. The molecule has 1 heterocycles. The third-order valence-electron chi connectivity index (χ3n) is 3.22. The highest BCUT2D eigenvalue weighted by Gasteiger charge is 2.25. The lowest BCUT2D eigenvalue weighted by Crippen LogP contribution is -2.32. The topological polar surface area (TPSA) is 108 Å². The number of carbonyl (C=O) groups is 1. The molecule has 8 heteroatoms. The van der Waals surface area contributed by atoms with Crippen LogP contribution in [0, 0.1) is 0 Å². The Morgan fingerprint density at radius 2 is 2.29 bits per heavy atom. The molecule has 1 saturated heterocycles. The van der Waals surface area contributed by atoms with Gasteiger partial charge in [-0.05, 0) is 31.0 Å². The Labute approximate surface area is 123 Å². The Kier molecular flexibility index (Phi) is 4.81. The Balaban J connectivity index is 2.24. The smallest absolute Gasteiger partial charge is 0.339 e. The second-order valence-electron chi connectivity index (χ2n) is 4.73. The molecule has 0 amide bonds. The van der Waals surface area contributed by atoms with E-state index < -0.39 is 16.0 Å². The van der Waals surface area contributed by atoms with Gasteiger partial charge in [0.05, 0.1) is 23.7 Å². The molecule has 1 aromatic carbocycles. The average Bonchev–Trinajstić information content (AvgIpc) is 2.97. The molecule has 21 heavy (non-hydrogen) atoms. The van der Waals surface area contributed by atoms with Crippen LogP contribution in [0.25, 0.3) is 0 Å². The first-order chi connectivity index (χ1) is 9.94. The molecule has 3 N–H and O–H groups in total. The molecule has 0 aliphatic carbocycles. The molecule has 1 aliphatic heterocycles. The number of carbonyl (C=O) groups excluding carboxylic acids is 1. The molecule has 1 atom stereocenters. The van der Waals surface area contributed by atoms with Gasteiger partial charge in [-0.3, -0.25) is 0 Å². The van der Waals surface area contributed by atoms with Crippen molar-refractivity contribution in [3.05, 3.63) is 23.8 Å². The van der Waals surface area contributed by atoms with Gasteiger partial charge in [0.15, 0.2) is 0 Å². The van der Waals surface area contributed by atoms with Gasteiger partial charge >= 0.3 is 5.97 Å². The molecule has 0 bridgehead atoms. The number of benzene rings is 1. The second kappa shape index (κ2) is 6.42. The SMILES string of the molecule is COC(=O)c1cc(N)ccc1S(=O)(=O)NCC1CCCO1. The Bertz CT molecular complexity index is 623. The van der Waals surface area contributed by atoms with Crippen LogP contribution >= 0.6 is 0 Å². The molecule has 116 valence electrons. The number of methoxy groups -OCH3 is 1. The van der Waals surface area contributed by atoms with Crippen molar-refractivity contribution in [2.24, 2.45) is 0 Å². The molecule has 0 spiro atoms. The lowest BCUT2D eigenvalue weighted by Gasteiger charge is -2.13. The number of sulfonamides is 1. The fraction of sp³-hybridized carbons (Fsp3) is 0.462. The number of rotatable bonds is 5. The van der Waals surface area contributed by atoms with Crippen LogP contribution in [0.2, 0.25) is 0 Å². The van der Waals surface area contributed by atoms with Crippen molar-refractivity contribution < 1.29 is 22.7 Å². The van der Waals surface area contributed by atoms with Gasteiger partial charge in [-0.1, -0.05) is 0 Å². The maximum atomic E-state index is 12.3. The summed E-state index contributed by atoms with van der Waals surface area (Å²) in [6.45, 7) is 0.814. The highest BCUT2D eigenvalue weighted by molar-refractivity contribution is 7.89. The molecule has 2 rings (SSSR count). The van der Waals surface area contributed by atoms with Crippen LogP contribution in [0.4, 0.5) is 5.69 Å². The van der Waals surface area contributed by atoms with E-state index >= 15 is 0 Å². The van der Waals surface area contributed by atoms with Crippen molar-refractivity contribution in [1.29, 1.82) is 0 Å². The van der Waals surface area contributed by atoms with E-state index in [1.54, 1.807) is 0 Å². The maximum Gasteiger partial charge on any atom is 0.339 e. The van der Waals surface area contributed by atoms with Crippen molar-refractivity contribution in [2.75, 3.05) is 26.0 Å². The van der Waals surface area contributed by atoms with Crippen LogP contribution in [-0.2, 0) is 19.5 Å². The van der Waals surface area contributed by atoms with Crippen LogP contribution < -0.4 is 10.5 Å². The minimum Gasteiger partial charge on any atom is -0.465 e. The molecule has 1 aliphatic rings. The fourth-order valence-corrected chi connectivity index (χ4v) is 3.38. The summed E-state index contributed by atoms with van der Waals surface area (Å²) in [5.41, 5.74) is 5.79. The van der Waals surface area contributed by atoms with E-state index in [0.717, 1.165) is 12.8 Å². The van der Waals surface area contributed by atoms with Crippen molar-refractivity contribution in [2.45, 2.75) is 23.8 Å². The third-order valence-corrected chi connectivity index (χ3v) is 4.71. The zero-order valence-electron chi connectivity index (χ0n) is 11.7. The van der Waals surface area contributed by atoms with Crippen LogP contribution in [0.3, 0.4) is 0 Å². The summed E-state index contributed by atoms with van der Waals surface area (Å²) in [6, 6.07) is 4.00. The number of esters is 1. The number of nitrogens with two attached hydrogens (primary N) is 1. The first kappa shape index (κ1) is 15.7. The Morgan fingerprint density at radius 3 is 2.90 bits per heavy atom. The number of nitrogens with one attached hydrogen (secondary N) is 1.